The molecule has 766 valence electrons. The van der Waals surface area contributed by atoms with Crippen molar-refractivity contribution >= 4 is 70.3 Å². The fourth-order valence-electron chi connectivity index (χ4n) is 14.9. The molecule has 12 N–H and O–H groups in total. The van der Waals surface area contributed by atoms with E-state index in [4.69, 9.17) is 20.0 Å². The van der Waals surface area contributed by atoms with E-state index < -0.39 is 0 Å². The minimum absolute atomic E-state index is 0. The van der Waals surface area contributed by atoms with Gasteiger partial charge in [0.05, 0.1) is 56.9 Å². The Balaban J connectivity index is 0.00000151. The van der Waals surface area contributed by atoms with E-state index in [2.05, 4.69) is 254 Å². The number of aliphatic imine (C=N–C) groups is 6. The van der Waals surface area contributed by atoms with Crippen molar-refractivity contribution in [2.75, 3.05) is 183 Å². The van der Waals surface area contributed by atoms with Gasteiger partial charge in [0, 0.05) is 234 Å². The number of rotatable bonds is 20. The molecular weight excluding hydrogens is 1660 g/mol. The molecule has 0 bridgehead atoms. The zero-order chi connectivity index (χ0) is 100. The second kappa shape index (κ2) is 52.3. The van der Waals surface area contributed by atoms with Gasteiger partial charge < -0.3 is 88.6 Å². The summed E-state index contributed by atoms with van der Waals surface area (Å²) in [6, 6.07) is 0. The predicted octanol–water partition coefficient (Wildman–Crippen LogP) is 14.2. The van der Waals surface area contributed by atoms with Crippen molar-refractivity contribution in [1.29, 1.82) is 0 Å². The van der Waals surface area contributed by atoms with E-state index in [1.165, 1.54) is 57.4 Å². The zero-order valence-corrected chi connectivity index (χ0v) is 92.1. The molecule has 0 fully saturated rings. The lowest BCUT2D eigenvalue weighted by molar-refractivity contribution is -0.129. The third-order valence-corrected chi connectivity index (χ3v) is 22.2. The maximum absolute atomic E-state index is 11.8. The molecule has 29 nitrogen and oxygen atoms in total. The maximum Gasteiger partial charge on any atom is 0.225 e. The van der Waals surface area contributed by atoms with Crippen molar-refractivity contribution in [1.82, 2.24) is 77.7 Å². The van der Waals surface area contributed by atoms with Crippen molar-refractivity contribution in [3.63, 3.8) is 0 Å². The van der Waals surface area contributed by atoms with Gasteiger partial charge in [-0.1, -0.05) is 291 Å². The summed E-state index contributed by atoms with van der Waals surface area (Å²) in [5.41, 5.74) is 6.24. The quantitative estimate of drug-likeness (QED) is 0.0506. The molecule has 0 aromatic carbocycles. The predicted molar refractivity (Wildman–Crippen MR) is 554 cm³/mol. The van der Waals surface area contributed by atoms with Crippen LogP contribution in [0.1, 0.15) is 304 Å². The summed E-state index contributed by atoms with van der Waals surface area (Å²) in [6.07, 6.45) is 2.00. The number of hydrogen-bond acceptors (Lipinski definition) is 23. The smallest absolute Gasteiger partial charge is 0.225 e. The first-order chi connectivity index (χ1) is 58.9. The highest BCUT2D eigenvalue weighted by Crippen LogP contribution is 2.42. The van der Waals surface area contributed by atoms with Crippen LogP contribution in [0.5, 0.6) is 0 Å². The van der Waals surface area contributed by atoms with Gasteiger partial charge in [-0.2, -0.15) is 0 Å². The van der Waals surface area contributed by atoms with Crippen molar-refractivity contribution in [3.05, 3.63) is 22.5 Å². The maximum atomic E-state index is 11.8. The molecule has 8 aliphatic rings. The Kier molecular flexibility index (Phi) is 49.5. The van der Waals surface area contributed by atoms with Crippen LogP contribution in [-0.4, -0.2) is 289 Å². The first-order valence-electron chi connectivity index (χ1n) is 49.0. The summed E-state index contributed by atoms with van der Waals surface area (Å²) in [5.74, 6) is 6.93. The fourth-order valence-corrected chi connectivity index (χ4v) is 14.9. The van der Waals surface area contributed by atoms with E-state index in [-0.39, 0.29) is 122 Å². The van der Waals surface area contributed by atoms with E-state index in [0.717, 1.165) is 131 Å². The normalized spacial score (nSPS) is 17.6. The molecule has 8 heterocycles. The van der Waals surface area contributed by atoms with Crippen LogP contribution in [0.3, 0.4) is 0 Å². The highest BCUT2D eigenvalue weighted by Gasteiger charge is 2.44. The monoisotopic (exact) mass is 1860 g/mol. The van der Waals surface area contributed by atoms with Gasteiger partial charge in [-0.05, 0) is 27.1 Å². The van der Waals surface area contributed by atoms with Crippen molar-refractivity contribution in [2.24, 2.45) is 112 Å². The minimum atomic E-state index is -0.347. The number of amides is 6. The SMILES string of the molecule is CC(C)(C)C(=O)NCCNCCNC(=O)C(C)(C)C.CC(C)(C)C(=O)NCCNCCNC(=O)C(C)(C)C.CC(C)(C)C1=C(C(C)(C)C)C2=NCCN2CCN1.CC(C)(C)C1=C(C(C)(C)C)C2=NCCN2CCN1.CC(C)(C)C1=NCCN2CCN=C2C1C(C)(C)C.CC(C)(C)CC1=NCCN1CCNC(=O)C(C)(C)C.CC(C)(C)CC1=NCCN1CCNC(=O)C(C)(C)C.[OH-].[OH-]. The molecule has 8 aliphatic heterocycles. The Labute approximate surface area is 804 Å². The Hall–Kier alpha value is -7.24. The van der Waals surface area contributed by atoms with Gasteiger partial charge >= 0.3 is 0 Å². The van der Waals surface area contributed by atoms with Crippen LogP contribution in [0.15, 0.2) is 52.5 Å². The molecule has 0 aromatic rings. The average molecular weight is 1860 g/mol. The fraction of sp³-hybridized carbons (Fsp3) is 0.845. The molecule has 0 saturated heterocycles. The van der Waals surface area contributed by atoms with Crippen LogP contribution in [0, 0.1) is 81.7 Å². The molecule has 1 unspecified atom stereocenters. The third kappa shape index (κ3) is 46.1. The van der Waals surface area contributed by atoms with Gasteiger partial charge in [0.15, 0.2) is 0 Å². The molecule has 6 amide bonds. The Morgan fingerprint density at radius 3 is 0.803 bits per heavy atom. The van der Waals surface area contributed by atoms with E-state index in [1.807, 2.05) is 125 Å². The summed E-state index contributed by atoms with van der Waals surface area (Å²) in [5, 5.41) is 31.1. The van der Waals surface area contributed by atoms with E-state index in [0.29, 0.717) is 71.4 Å². The van der Waals surface area contributed by atoms with Crippen molar-refractivity contribution < 1.29 is 39.7 Å². The summed E-state index contributed by atoms with van der Waals surface area (Å²) in [4.78, 5) is 110. The Morgan fingerprint density at radius 1 is 0.295 bits per heavy atom. The number of amidine groups is 5. The molecule has 1 atom stereocenters. The summed E-state index contributed by atoms with van der Waals surface area (Å²) in [6.45, 7) is 113. The second-order valence-electron chi connectivity index (χ2n) is 50.9. The lowest BCUT2D eigenvalue weighted by Gasteiger charge is -2.38. The van der Waals surface area contributed by atoms with E-state index >= 15 is 0 Å². The standard InChI is InChI=1S/2C15H29N3O.3C15H27N3.2C14H29N3O2.2H2O/c2*1-14(2,3)11-12-16-7-9-18(12)10-8-17-13(19)15(4,5)6;3*1-14(2,3)11-12(15(4,5)6)16-7-9-18-10-8-17-13(11)18;2*1-13(2,3)11(18)16-9-7-15-8-10-17-12(19)14(4,5)6;;/h2*7-11H2,1-6H3,(H,17,19);2*16H,7-10H2,1-6H3;11H,7-10H2,1-6H3;2*15H,7-10H2,1-6H3,(H,16,18)(H,17,19);2*1H2/p-2. The van der Waals surface area contributed by atoms with Gasteiger partial charge in [-0.3, -0.25) is 58.7 Å². The van der Waals surface area contributed by atoms with Crippen LogP contribution in [0.4, 0.5) is 0 Å². The minimum Gasteiger partial charge on any atom is -0.870 e. The van der Waals surface area contributed by atoms with Crippen LogP contribution < -0.4 is 53.2 Å². The van der Waals surface area contributed by atoms with Gasteiger partial charge in [-0.25, -0.2) is 0 Å². The van der Waals surface area contributed by atoms with Crippen molar-refractivity contribution in [3.8, 4) is 0 Å². The van der Waals surface area contributed by atoms with E-state index in [1.54, 1.807) is 0 Å². The largest absolute Gasteiger partial charge is 0.870 e. The van der Waals surface area contributed by atoms with Crippen LogP contribution in [0.2, 0.25) is 0 Å². The first-order valence-corrected chi connectivity index (χ1v) is 49.0. The van der Waals surface area contributed by atoms with Gasteiger partial charge in [-0.15, -0.1) is 0 Å². The van der Waals surface area contributed by atoms with Gasteiger partial charge in [0.1, 0.15) is 17.5 Å². The molecule has 0 aliphatic carbocycles. The first kappa shape index (κ1) is 125. The van der Waals surface area contributed by atoms with Crippen LogP contribution in [-0.2, 0) is 28.8 Å². The molecule has 8 rings (SSSR count). The Bertz CT molecular complexity index is 3590. The molecule has 29 heteroatoms. The molecule has 132 heavy (non-hydrogen) atoms. The lowest BCUT2D eigenvalue weighted by atomic mass is 9.69. The molecular formula is C103H199N21O8-2. The number of hydrogen-bond donors (Lipinski definition) is 10. The lowest BCUT2D eigenvalue weighted by Crippen LogP contribution is -2.45. The highest BCUT2D eigenvalue weighted by molar-refractivity contribution is 6.10. The topological polar surface area (TPSA) is 373 Å². The highest BCUT2D eigenvalue weighted by atomic mass is 16.2. The number of nitrogens with one attached hydrogen (secondary N) is 10. The number of carbonyl (C=O) groups excluding carboxylic acids is 6. The number of allylic oxidation sites excluding steroid dienone is 2. The Morgan fingerprint density at radius 2 is 0.553 bits per heavy atom. The second-order valence-corrected chi connectivity index (χ2v) is 50.9. The molecule has 0 radical (unpaired) electrons. The van der Waals surface area contributed by atoms with Crippen LogP contribution in [0.25, 0.3) is 0 Å². The summed E-state index contributed by atoms with van der Waals surface area (Å²) >= 11 is 0. The number of fused-ring (bicyclic) bond motifs is 3. The number of carbonyl (C=O) groups is 6. The third-order valence-electron chi connectivity index (χ3n) is 22.2. The van der Waals surface area contributed by atoms with Crippen LogP contribution >= 0.6 is 0 Å². The van der Waals surface area contributed by atoms with Gasteiger partial charge in [0.2, 0.25) is 35.4 Å². The summed E-state index contributed by atoms with van der Waals surface area (Å²) in [7, 11) is 0. The molecule has 0 aromatic heterocycles. The molecule has 0 spiro atoms. The number of nitrogens with zero attached hydrogens (tertiary/aromatic N) is 11. The van der Waals surface area contributed by atoms with Gasteiger partial charge in [0.25, 0.3) is 0 Å². The average Bonchev–Trinajstić information content (AvgIpc) is 1.61. The van der Waals surface area contributed by atoms with E-state index in [9.17, 15) is 28.8 Å². The summed E-state index contributed by atoms with van der Waals surface area (Å²) < 4.78 is 0. The molecule has 0 saturated carbocycles. The van der Waals surface area contributed by atoms with Crippen molar-refractivity contribution in [2.45, 2.75) is 304 Å². The zero-order valence-electron chi connectivity index (χ0n) is 92.1.